The highest BCUT2D eigenvalue weighted by Crippen LogP contribution is 2.26. The molecule has 0 aliphatic carbocycles. The molecule has 0 aliphatic heterocycles. The van der Waals surface area contributed by atoms with Crippen molar-refractivity contribution in [1.29, 1.82) is 0 Å². The van der Waals surface area contributed by atoms with Gasteiger partial charge in [-0.15, -0.1) is 11.3 Å². The Hall–Kier alpha value is -2.18. The molecule has 4 nitrogen and oxygen atoms in total. The van der Waals surface area contributed by atoms with Gasteiger partial charge in [-0.1, -0.05) is 35.9 Å². The first kappa shape index (κ1) is 17.6. The highest BCUT2D eigenvalue weighted by Gasteiger charge is 2.04. The van der Waals surface area contributed by atoms with E-state index < -0.39 is 0 Å². The SMILES string of the molecule is Cc1ccc(-c2csc(N/N=C/c3ccc(N(C)C)c(Br)c3)n2)cc1. The standard InChI is InChI=1S/C19H19BrN4S/c1-13-4-7-15(8-5-13)17-12-25-19(22-17)23-21-11-14-6-9-18(24(2)3)16(20)10-14/h4-12H,1-3H3,(H,22,23)/b21-11+. The fraction of sp³-hybridized carbons (Fsp3) is 0.158. The summed E-state index contributed by atoms with van der Waals surface area (Å²) in [7, 11) is 4.03. The summed E-state index contributed by atoms with van der Waals surface area (Å²) in [5, 5.41) is 7.09. The summed E-state index contributed by atoms with van der Waals surface area (Å²) in [6, 6.07) is 14.5. The van der Waals surface area contributed by atoms with Gasteiger partial charge in [-0.05, 0) is 40.5 Å². The maximum Gasteiger partial charge on any atom is 0.203 e. The predicted octanol–water partition coefficient (Wildman–Crippen LogP) is 5.39. The Kier molecular flexibility index (Phi) is 5.50. The number of nitrogens with zero attached hydrogens (tertiary/aromatic N) is 3. The largest absolute Gasteiger partial charge is 0.377 e. The number of aryl methyl sites for hydroxylation is 1. The van der Waals surface area contributed by atoms with E-state index in [-0.39, 0.29) is 0 Å². The van der Waals surface area contributed by atoms with Crippen molar-refractivity contribution >= 4 is 44.3 Å². The first-order valence-corrected chi connectivity index (χ1v) is 9.49. The van der Waals surface area contributed by atoms with Crippen LogP contribution in [0, 0.1) is 6.92 Å². The molecular weight excluding hydrogens is 396 g/mol. The van der Waals surface area contributed by atoms with Gasteiger partial charge in [-0.2, -0.15) is 5.10 Å². The minimum Gasteiger partial charge on any atom is -0.377 e. The van der Waals surface area contributed by atoms with Crippen molar-refractivity contribution in [2.45, 2.75) is 6.92 Å². The molecule has 0 amide bonds. The van der Waals surface area contributed by atoms with Crippen LogP contribution in [0.1, 0.15) is 11.1 Å². The molecule has 0 radical (unpaired) electrons. The molecule has 0 bridgehead atoms. The first-order chi connectivity index (χ1) is 12.0. The van der Waals surface area contributed by atoms with Crippen LogP contribution in [0.15, 0.2) is 57.4 Å². The van der Waals surface area contributed by atoms with Crippen LogP contribution >= 0.6 is 27.3 Å². The van der Waals surface area contributed by atoms with Gasteiger partial charge in [0.2, 0.25) is 5.13 Å². The van der Waals surface area contributed by atoms with Gasteiger partial charge >= 0.3 is 0 Å². The number of benzene rings is 2. The maximum atomic E-state index is 4.57. The van der Waals surface area contributed by atoms with Crippen LogP contribution < -0.4 is 10.3 Å². The zero-order valence-corrected chi connectivity index (χ0v) is 16.7. The van der Waals surface area contributed by atoms with Gasteiger partial charge in [0.25, 0.3) is 0 Å². The molecule has 0 fully saturated rings. The van der Waals surface area contributed by atoms with E-state index in [2.05, 4.69) is 73.6 Å². The van der Waals surface area contributed by atoms with Gasteiger partial charge < -0.3 is 4.90 Å². The maximum absolute atomic E-state index is 4.57. The van der Waals surface area contributed by atoms with Crippen molar-refractivity contribution in [1.82, 2.24) is 4.98 Å². The van der Waals surface area contributed by atoms with Crippen molar-refractivity contribution in [3.8, 4) is 11.3 Å². The van der Waals surface area contributed by atoms with E-state index in [0.29, 0.717) is 0 Å². The van der Waals surface area contributed by atoms with E-state index in [9.17, 15) is 0 Å². The molecule has 6 heteroatoms. The number of hydrogen-bond donors (Lipinski definition) is 1. The second-order valence-corrected chi connectivity index (χ2v) is 7.59. The number of anilines is 2. The highest BCUT2D eigenvalue weighted by molar-refractivity contribution is 9.10. The molecule has 1 heterocycles. The summed E-state index contributed by atoms with van der Waals surface area (Å²) in [6.07, 6.45) is 1.79. The van der Waals surface area contributed by atoms with Crippen LogP contribution in [0.25, 0.3) is 11.3 Å². The van der Waals surface area contributed by atoms with E-state index in [1.165, 1.54) is 5.56 Å². The van der Waals surface area contributed by atoms with Crippen LogP contribution in [0.5, 0.6) is 0 Å². The molecule has 25 heavy (non-hydrogen) atoms. The first-order valence-electron chi connectivity index (χ1n) is 7.81. The minimum atomic E-state index is 0.774. The van der Waals surface area contributed by atoms with E-state index in [4.69, 9.17) is 0 Å². The Morgan fingerprint density at radius 1 is 1.16 bits per heavy atom. The Labute approximate surface area is 160 Å². The fourth-order valence-corrected chi connectivity index (χ4v) is 3.73. The molecule has 0 spiro atoms. The molecule has 0 saturated heterocycles. The molecule has 1 aromatic heterocycles. The summed E-state index contributed by atoms with van der Waals surface area (Å²) in [5.74, 6) is 0. The molecule has 1 N–H and O–H groups in total. The summed E-state index contributed by atoms with van der Waals surface area (Å²) < 4.78 is 1.04. The number of halogens is 1. The van der Waals surface area contributed by atoms with Crippen LogP contribution in [0.4, 0.5) is 10.8 Å². The summed E-state index contributed by atoms with van der Waals surface area (Å²) in [6.45, 7) is 2.08. The molecule has 0 aliphatic rings. The summed E-state index contributed by atoms with van der Waals surface area (Å²) >= 11 is 5.13. The van der Waals surface area contributed by atoms with E-state index in [1.807, 2.05) is 31.6 Å². The molecule has 128 valence electrons. The monoisotopic (exact) mass is 414 g/mol. The molecule has 0 unspecified atom stereocenters. The Balaban J connectivity index is 1.67. The van der Waals surface area contributed by atoms with Gasteiger partial charge in [0.1, 0.15) is 0 Å². The topological polar surface area (TPSA) is 40.5 Å². The third-order valence-corrected chi connectivity index (χ3v) is 5.06. The average molecular weight is 415 g/mol. The smallest absolute Gasteiger partial charge is 0.203 e. The molecule has 2 aromatic carbocycles. The van der Waals surface area contributed by atoms with Crippen molar-refractivity contribution in [3.05, 3.63) is 63.4 Å². The zero-order valence-electron chi connectivity index (χ0n) is 14.3. The lowest BCUT2D eigenvalue weighted by molar-refractivity contribution is 1.12. The fourth-order valence-electron chi connectivity index (χ4n) is 2.31. The van der Waals surface area contributed by atoms with Gasteiger partial charge in [0.05, 0.1) is 17.6 Å². The number of thiazole rings is 1. The van der Waals surface area contributed by atoms with Crippen LogP contribution in [-0.2, 0) is 0 Å². The van der Waals surface area contributed by atoms with Crippen molar-refractivity contribution in [2.24, 2.45) is 5.10 Å². The van der Waals surface area contributed by atoms with E-state index >= 15 is 0 Å². The quantitative estimate of drug-likeness (QED) is 0.449. The summed E-state index contributed by atoms with van der Waals surface area (Å²) in [5.41, 5.74) is 8.46. The Morgan fingerprint density at radius 3 is 2.60 bits per heavy atom. The second-order valence-electron chi connectivity index (χ2n) is 5.88. The van der Waals surface area contributed by atoms with Crippen molar-refractivity contribution < 1.29 is 0 Å². The van der Waals surface area contributed by atoms with Crippen LogP contribution in [-0.4, -0.2) is 25.3 Å². The molecule has 3 rings (SSSR count). The van der Waals surface area contributed by atoms with Crippen LogP contribution in [0.2, 0.25) is 0 Å². The lowest BCUT2D eigenvalue weighted by atomic mass is 10.1. The second kappa shape index (κ2) is 7.80. The summed E-state index contributed by atoms with van der Waals surface area (Å²) in [4.78, 5) is 6.63. The zero-order chi connectivity index (χ0) is 17.8. The minimum absolute atomic E-state index is 0.774. The van der Waals surface area contributed by atoms with Gasteiger partial charge in [-0.3, -0.25) is 5.43 Å². The van der Waals surface area contributed by atoms with Crippen molar-refractivity contribution in [2.75, 3.05) is 24.4 Å². The van der Waals surface area contributed by atoms with Crippen molar-refractivity contribution in [3.63, 3.8) is 0 Å². The number of aromatic nitrogens is 1. The normalized spacial score (nSPS) is 11.0. The van der Waals surface area contributed by atoms with E-state index in [1.54, 1.807) is 17.6 Å². The third kappa shape index (κ3) is 4.46. The van der Waals surface area contributed by atoms with Gasteiger partial charge in [0, 0.05) is 29.5 Å². The molecular formula is C19H19BrN4S. The average Bonchev–Trinajstić information content (AvgIpc) is 3.04. The van der Waals surface area contributed by atoms with Gasteiger partial charge in [0.15, 0.2) is 0 Å². The van der Waals surface area contributed by atoms with E-state index in [0.717, 1.165) is 32.1 Å². The van der Waals surface area contributed by atoms with Gasteiger partial charge in [-0.25, -0.2) is 4.98 Å². The molecule has 0 saturated carbocycles. The predicted molar refractivity (Wildman–Crippen MR) is 112 cm³/mol. The number of rotatable bonds is 5. The molecule has 0 atom stereocenters. The highest BCUT2D eigenvalue weighted by atomic mass is 79.9. The Bertz CT molecular complexity index is 885. The lowest BCUT2D eigenvalue weighted by Gasteiger charge is -2.14. The molecule has 3 aromatic rings. The van der Waals surface area contributed by atoms with Crippen LogP contribution in [0.3, 0.4) is 0 Å². The number of nitrogens with one attached hydrogen (secondary N) is 1. The number of hydrazone groups is 1. The third-order valence-electron chi connectivity index (χ3n) is 3.68. The lowest BCUT2D eigenvalue weighted by Crippen LogP contribution is -2.09. The number of hydrogen-bond acceptors (Lipinski definition) is 5. The Morgan fingerprint density at radius 2 is 1.92 bits per heavy atom.